The van der Waals surface area contributed by atoms with Crippen LogP contribution in [0, 0.1) is 11.3 Å². The van der Waals surface area contributed by atoms with Crippen molar-refractivity contribution in [2.75, 3.05) is 0 Å². The molecule has 0 saturated heterocycles. The Hall–Kier alpha value is -1.26. The normalized spacial score (nSPS) is 18.8. The first kappa shape index (κ1) is 15.8. The maximum Gasteiger partial charge on any atom is 0.407 e. The molecule has 5 heteroatoms. The van der Waals surface area contributed by atoms with Gasteiger partial charge >= 0.3 is 12.1 Å². The summed E-state index contributed by atoms with van der Waals surface area (Å²) in [5.74, 6) is -0.636. The molecule has 1 rings (SSSR count). The van der Waals surface area contributed by atoms with Gasteiger partial charge in [0.05, 0.1) is 6.42 Å². The molecule has 1 aliphatic rings. The highest BCUT2D eigenvalue weighted by molar-refractivity contribution is 5.70. The molecule has 5 nitrogen and oxygen atoms in total. The minimum Gasteiger partial charge on any atom is -0.481 e. The van der Waals surface area contributed by atoms with Crippen molar-refractivity contribution in [3.05, 3.63) is 0 Å². The third kappa shape index (κ3) is 4.73. The molecule has 0 aromatic carbocycles. The lowest BCUT2D eigenvalue weighted by Gasteiger charge is -2.31. The molecule has 1 saturated carbocycles. The molecule has 0 aromatic rings. The lowest BCUT2D eigenvalue weighted by molar-refractivity contribution is -0.138. The van der Waals surface area contributed by atoms with E-state index in [0.717, 1.165) is 12.8 Å². The van der Waals surface area contributed by atoms with Crippen LogP contribution in [0.5, 0.6) is 0 Å². The standard InChI is InChI=1S/C14H25NO4/c1-9(2)11(14(6-7-14)8-10(16)17)15-12(18)19-13(3,4)5/h9,11H,6-8H2,1-5H3,(H,15,18)(H,16,17). The van der Waals surface area contributed by atoms with Crippen molar-refractivity contribution in [3.8, 4) is 0 Å². The van der Waals surface area contributed by atoms with Crippen molar-refractivity contribution < 1.29 is 19.4 Å². The van der Waals surface area contributed by atoms with E-state index in [-0.39, 0.29) is 23.8 Å². The van der Waals surface area contributed by atoms with E-state index >= 15 is 0 Å². The molecule has 0 bridgehead atoms. The number of aliphatic carboxylic acids is 1. The number of carboxylic acid groups (broad SMARTS) is 1. The van der Waals surface area contributed by atoms with Gasteiger partial charge in [-0.15, -0.1) is 0 Å². The quantitative estimate of drug-likeness (QED) is 0.806. The summed E-state index contributed by atoms with van der Waals surface area (Å²) in [5.41, 5.74) is -0.841. The fraction of sp³-hybridized carbons (Fsp3) is 0.857. The fourth-order valence-corrected chi connectivity index (χ4v) is 2.52. The highest BCUT2D eigenvalue weighted by Crippen LogP contribution is 2.53. The van der Waals surface area contributed by atoms with Gasteiger partial charge in [-0.3, -0.25) is 4.79 Å². The molecule has 1 amide bonds. The molecule has 1 aliphatic carbocycles. The first-order valence-corrected chi connectivity index (χ1v) is 6.77. The van der Waals surface area contributed by atoms with Gasteiger partial charge in [0.2, 0.25) is 0 Å². The zero-order chi connectivity index (χ0) is 14.8. The number of carbonyl (C=O) groups excluding carboxylic acids is 1. The number of carbonyl (C=O) groups is 2. The number of ether oxygens (including phenoxy) is 1. The van der Waals surface area contributed by atoms with Crippen LogP contribution >= 0.6 is 0 Å². The van der Waals surface area contributed by atoms with Gasteiger partial charge in [-0.05, 0) is 39.5 Å². The zero-order valence-corrected chi connectivity index (χ0v) is 12.4. The molecule has 1 fully saturated rings. The minimum absolute atomic E-state index is 0.103. The highest BCUT2D eigenvalue weighted by atomic mass is 16.6. The molecule has 0 aromatic heterocycles. The van der Waals surface area contributed by atoms with Crippen LogP contribution in [0.25, 0.3) is 0 Å². The van der Waals surface area contributed by atoms with Crippen LogP contribution in [-0.2, 0) is 9.53 Å². The topological polar surface area (TPSA) is 75.6 Å². The van der Waals surface area contributed by atoms with E-state index < -0.39 is 17.7 Å². The van der Waals surface area contributed by atoms with Gasteiger partial charge in [-0.2, -0.15) is 0 Å². The molecular formula is C14H25NO4. The lowest BCUT2D eigenvalue weighted by Crippen LogP contribution is -2.47. The summed E-state index contributed by atoms with van der Waals surface area (Å²) in [4.78, 5) is 22.8. The summed E-state index contributed by atoms with van der Waals surface area (Å²) in [6.07, 6.45) is 1.32. The Kier molecular flexibility index (Phi) is 4.48. The number of hydrogen-bond donors (Lipinski definition) is 2. The van der Waals surface area contributed by atoms with Crippen LogP contribution in [0.1, 0.15) is 53.9 Å². The highest BCUT2D eigenvalue weighted by Gasteiger charge is 2.52. The molecule has 1 atom stereocenters. The molecule has 0 spiro atoms. The van der Waals surface area contributed by atoms with E-state index in [4.69, 9.17) is 9.84 Å². The van der Waals surface area contributed by atoms with Gasteiger partial charge in [0, 0.05) is 11.5 Å². The van der Waals surface area contributed by atoms with E-state index in [2.05, 4.69) is 5.32 Å². The van der Waals surface area contributed by atoms with Crippen LogP contribution in [0.15, 0.2) is 0 Å². The molecule has 0 radical (unpaired) electrons. The average Bonchev–Trinajstić information content (AvgIpc) is 2.90. The number of hydrogen-bond acceptors (Lipinski definition) is 3. The summed E-state index contributed by atoms with van der Waals surface area (Å²) in [7, 11) is 0. The van der Waals surface area contributed by atoms with Crippen molar-refractivity contribution >= 4 is 12.1 Å². The smallest absolute Gasteiger partial charge is 0.407 e. The van der Waals surface area contributed by atoms with Crippen LogP contribution in [-0.4, -0.2) is 28.8 Å². The molecule has 2 N–H and O–H groups in total. The van der Waals surface area contributed by atoms with E-state index in [1.54, 1.807) is 20.8 Å². The number of amides is 1. The van der Waals surface area contributed by atoms with Crippen LogP contribution in [0.2, 0.25) is 0 Å². The molecule has 110 valence electrons. The van der Waals surface area contributed by atoms with Crippen LogP contribution in [0.4, 0.5) is 4.79 Å². The molecule has 19 heavy (non-hydrogen) atoms. The molecular weight excluding hydrogens is 246 g/mol. The Morgan fingerprint density at radius 2 is 1.84 bits per heavy atom. The Morgan fingerprint density at radius 1 is 1.32 bits per heavy atom. The molecule has 1 unspecified atom stereocenters. The fourth-order valence-electron chi connectivity index (χ4n) is 2.52. The van der Waals surface area contributed by atoms with Crippen molar-refractivity contribution in [3.63, 3.8) is 0 Å². The van der Waals surface area contributed by atoms with Crippen molar-refractivity contribution in [2.24, 2.45) is 11.3 Å². The number of carboxylic acids is 1. The maximum absolute atomic E-state index is 11.9. The first-order chi connectivity index (χ1) is 8.56. The number of alkyl carbamates (subject to hydrolysis) is 1. The Morgan fingerprint density at radius 3 is 2.16 bits per heavy atom. The summed E-state index contributed by atoms with van der Waals surface area (Å²) in [5, 5.41) is 11.9. The monoisotopic (exact) mass is 271 g/mol. The van der Waals surface area contributed by atoms with E-state index in [0.29, 0.717) is 0 Å². The second-order valence-corrected chi connectivity index (χ2v) is 6.80. The summed E-state index contributed by atoms with van der Waals surface area (Å²) >= 11 is 0. The van der Waals surface area contributed by atoms with Gasteiger partial charge in [-0.1, -0.05) is 13.8 Å². The van der Waals surface area contributed by atoms with E-state index in [9.17, 15) is 9.59 Å². The van der Waals surface area contributed by atoms with Crippen molar-refractivity contribution in [2.45, 2.75) is 65.5 Å². The van der Waals surface area contributed by atoms with Gasteiger partial charge in [-0.25, -0.2) is 4.79 Å². The van der Waals surface area contributed by atoms with Gasteiger partial charge in [0.25, 0.3) is 0 Å². The Bertz CT molecular complexity index is 353. The minimum atomic E-state index is -0.811. The number of rotatable bonds is 5. The molecule has 0 aliphatic heterocycles. The van der Waals surface area contributed by atoms with E-state index in [1.165, 1.54) is 0 Å². The van der Waals surface area contributed by atoms with Gasteiger partial charge < -0.3 is 15.2 Å². The van der Waals surface area contributed by atoms with Crippen LogP contribution < -0.4 is 5.32 Å². The second-order valence-electron chi connectivity index (χ2n) is 6.80. The predicted molar refractivity (Wildman–Crippen MR) is 71.9 cm³/mol. The predicted octanol–water partition coefficient (Wildman–Crippen LogP) is 2.79. The maximum atomic E-state index is 11.9. The largest absolute Gasteiger partial charge is 0.481 e. The summed E-state index contributed by atoms with van der Waals surface area (Å²) in [6.45, 7) is 9.40. The average molecular weight is 271 g/mol. The van der Waals surface area contributed by atoms with Gasteiger partial charge in [0.1, 0.15) is 5.60 Å². The third-order valence-electron chi connectivity index (χ3n) is 3.39. The SMILES string of the molecule is CC(C)C(NC(=O)OC(C)(C)C)C1(CC(=O)O)CC1. The summed E-state index contributed by atoms with van der Waals surface area (Å²) < 4.78 is 5.25. The Labute approximate surface area is 114 Å². The Balaban J connectivity index is 2.69. The summed E-state index contributed by atoms with van der Waals surface area (Å²) in [6, 6.07) is -0.154. The van der Waals surface area contributed by atoms with E-state index in [1.807, 2.05) is 13.8 Å². The van der Waals surface area contributed by atoms with Crippen LogP contribution in [0.3, 0.4) is 0 Å². The third-order valence-corrected chi connectivity index (χ3v) is 3.39. The van der Waals surface area contributed by atoms with Gasteiger partial charge in [0.15, 0.2) is 0 Å². The van der Waals surface area contributed by atoms with Crippen molar-refractivity contribution in [1.29, 1.82) is 0 Å². The zero-order valence-electron chi connectivity index (χ0n) is 12.4. The first-order valence-electron chi connectivity index (χ1n) is 6.77. The second kappa shape index (κ2) is 5.39. The number of nitrogens with one attached hydrogen (secondary N) is 1. The lowest BCUT2D eigenvalue weighted by atomic mass is 9.85. The van der Waals surface area contributed by atoms with Crippen molar-refractivity contribution in [1.82, 2.24) is 5.32 Å². The molecule has 0 heterocycles.